The molecule has 2 aromatic carbocycles. The highest BCUT2D eigenvalue weighted by Gasteiger charge is 2.54. The molecule has 0 aliphatic heterocycles. The second-order valence-corrected chi connectivity index (χ2v) is 8.74. The standard InChI is InChI=1S/C25H23N5O/c1-3-30-14-28-21-22(26-13-27-23(21)30)29-24(31)25(2)12-19-15-8-4-6-10-17(15)20(25)18-11-7-5-9-16(18)19/h4-11,13-14,19-20H,3,12H2,1-2H3,(H,26,27,29,31). The molecule has 6 heteroatoms. The monoisotopic (exact) mass is 409 g/mol. The molecule has 154 valence electrons. The van der Waals surface area contributed by atoms with Crippen LogP contribution in [-0.2, 0) is 11.3 Å². The van der Waals surface area contributed by atoms with Crippen molar-refractivity contribution in [3.8, 4) is 0 Å². The zero-order valence-electron chi connectivity index (χ0n) is 17.5. The quantitative estimate of drug-likeness (QED) is 0.542. The first-order valence-corrected chi connectivity index (χ1v) is 10.8. The fourth-order valence-electron chi connectivity index (χ4n) is 5.64. The van der Waals surface area contributed by atoms with Crippen LogP contribution in [0, 0.1) is 5.41 Å². The van der Waals surface area contributed by atoms with Gasteiger partial charge in [-0.2, -0.15) is 0 Å². The number of aryl methyl sites for hydroxylation is 1. The molecule has 4 aromatic rings. The van der Waals surface area contributed by atoms with Crippen molar-refractivity contribution in [3.05, 3.63) is 83.4 Å². The van der Waals surface area contributed by atoms with Crippen LogP contribution >= 0.6 is 0 Å². The molecule has 1 unspecified atom stereocenters. The van der Waals surface area contributed by atoms with Crippen molar-refractivity contribution in [2.75, 3.05) is 5.32 Å². The summed E-state index contributed by atoms with van der Waals surface area (Å²) in [6, 6.07) is 17.1. The van der Waals surface area contributed by atoms with Crippen molar-refractivity contribution in [1.29, 1.82) is 0 Å². The van der Waals surface area contributed by atoms with Crippen LogP contribution in [0.3, 0.4) is 0 Å². The van der Waals surface area contributed by atoms with Gasteiger partial charge in [0.15, 0.2) is 17.0 Å². The Hall–Kier alpha value is -3.54. The van der Waals surface area contributed by atoms with Gasteiger partial charge in [0.2, 0.25) is 5.91 Å². The van der Waals surface area contributed by atoms with Gasteiger partial charge in [-0.05, 0) is 42.5 Å². The Labute approximate surface area is 180 Å². The van der Waals surface area contributed by atoms with Gasteiger partial charge in [0.05, 0.1) is 11.7 Å². The Morgan fingerprint density at radius 3 is 2.32 bits per heavy atom. The normalized spacial score (nSPS) is 23.4. The molecule has 2 bridgehead atoms. The highest BCUT2D eigenvalue weighted by molar-refractivity contribution is 6.01. The maximum atomic E-state index is 13.8. The number of aromatic nitrogens is 4. The highest BCUT2D eigenvalue weighted by atomic mass is 16.2. The van der Waals surface area contributed by atoms with Crippen LogP contribution in [-0.4, -0.2) is 25.4 Å². The number of anilines is 1. The van der Waals surface area contributed by atoms with Crippen molar-refractivity contribution in [2.45, 2.75) is 38.6 Å². The van der Waals surface area contributed by atoms with Gasteiger partial charge in [-0.3, -0.25) is 4.79 Å². The number of carbonyl (C=O) groups excluding carboxylic acids is 1. The molecule has 3 aliphatic carbocycles. The number of fused-ring (bicyclic) bond motifs is 2. The van der Waals surface area contributed by atoms with Gasteiger partial charge in [-0.15, -0.1) is 0 Å². The number of rotatable bonds is 3. The zero-order chi connectivity index (χ0) is 21.2. The number of nitrogens with zero attached hydrogens (tertiary/aromatic N) is 4. The van der Waals surface area contributed by atoms with Crippen molar-refractivity contribution >= 4 is 22.9 Å². The molecule has 7 rings (SSSR count). The number of hydrogen-bond acceptors (Lipinski definition) is 4. The lowest BCUT2D eigenvalue weighted by Gasteiger charge is -2.50. The summed E-state index contributed by atoms with van der Waals surface area (Å²) in [5.41, 5.74) is 6.00. The second kappa shape index (κ2) is 6.48. The fourth-order valence-corrected chi connectivity index (χ4v) is 5.64. The number of nitrogens with one attached hydrogen (secondary N) is 1. The van der Waals surface area contributed by atoms with Gasteiger partial charge in [-0.25, -0.2) is 15.0 Å². The van der Waals surface area contributed by atoms with Crippen molar-refractivity contribution in [2.24, 2.45) is 5.41 Å². The van der Waals surface area contributed by atoms with Crippen LogP contribution in [0.4, 0.5) is 5.82 Å². The summed E-state index contributed by atoms with van der Waals surface area (Å²) in [6.45, 7) is 4.89. The molecule has 1 amide bonds. The topological polar surface area (TPSA) is 72.7 Å². The lowest BCUT2D eigenvalue weighted by molar-refractivity contribution is -0.126. The summed E-state index contributed by atoms with van der Waals surface area (Å²) in [5, 5.41) is 3.11. The van der Waals surface area contributed by atoms with Gasteiger partial charge in [0.25, 0.3) is 0 Å². The average Bonchev–Trinajstić information content (AvgIpc) is 3.23. The largest absolute Gasteiger partial charge is 0.315 e. The number of hydrogen-bond donors (Lipinski definition) is 1. The minimum absolute atomic E-state index is 0.00965. The minimum Gasteiger partial charge on any atom is -0.315 e. The highest BCUT2D eigenvalue weighted by Crippen LogP contribution is 2.61. The van der Waals surface area contributed by atoms with Gasteiger partial charge in [0, 0.05) is 18.4 Å². The molecular formula is C25H23N5O. The van der Waals surface area contributed by atoms with E-state index in [9.17, 15) is 4.79 Å². The Balaban J connectivity index is 1.44. The van der Waals surface area contributed by atoms with E-state index in [1.54, 1.807) is 6.33 Å². The molecule has 6 nitrogen and oxygen atoms in total. The average molecular weight is 409 g/mol. The van der Waals surface area contributed by atoms with E-state index in [1.807, 2.05) is 11.5 Å². The zero-order valence-corrected chi connectivity index (χ0v) is 17.5. The number of imidazole rings is 1. The first kappa shape index (κ1) is 18.2. The third-order valence-electron chi connectivity index (χ3n) is 7.12. The maximum Gasteiger partial charge on any atom is 0.232 e. The number of amides is 1. The van der Waals surface area contributed by atoms with Crippen LogP contribution in [0.1, 0.15) is 54.4 Å². The Morgan fingerprint density at radius 2 is 1.68 bits per heavy atom. The molecule has 0 radical (unpaired) electrons. The van der Waals surface area contributed by atoms with Crippen LogP contribution in [0.15, 0.2) is 61.2 Å². The van der Waals surface area contributed by atoms with E-state index < -0.39 is 5.41 Å². The lowest BCUT2D eigenvalue weighted by atomic mass is 9.52. The molecular weight excluding hydrogens is 386 g/mol. The van der Waals surface area contributed by atoms with E-state index in [4.69, 9.17) is 0 Å². The van der Waals surface area contributed by atoms with Crippen LogP contribution in [0.5, 0.6) is 0 Å². The van der Waals surface area contributed by atoms with Crippen molar-refractivity contribution < 1.29 is 4.79 Å². The summed E-state index contributed by atoms with van der Waals surface area (Å²) in [6.07, 6.45) is 4.01. The number of benzene rings is 2. The predicted octanol–water partition coefficient (Wildman–Crippen LogP) is 4.47. The summed E-state index contributed by atoms with van der Waals surface area (Å²) in [7, 11) is 0. The molecule has 1 atom stereocenters. The van der Waals surface area contributed by atoms with E-state index in [0.717, 1.165) is 18.6 Å². The van der Waals surface area contributed by atoms with Gasteiger partial charge < -0.3 is 9.88 Å². The van der Waals surface area contributed by atoms with E-state index in [0.29, 0.717) is 11.3 Å². The Bertz CT molecular complexity index is 1300. The summed E-state index contributed by atoms with van der Waals surface area (Å²) in [5.74, 6) is 0.692. The molecule has 31 heavy (non-hydrogen) atoms. The van der Waals surface area contributed by atoms with Crippen molar-refractivity contribution in [3.63, 3.8) is 0 Å². The van der Waals surface area contributed by atoms with Crippen LogP contribution in [0.2, 0.25) is 0 Å². The molecule has 0 spiro atoms. The Morgan fingerprint density at radius 1 is 1.03 bits per heavy atom. The van der Waals surface area contributed by atoms with Gasteiger partial charge in [-0.1, -0.05) is 48.5 Å². The molecule has 0 saturated carbocycles. The maximum absolute atomic E-state index is 13.8. The molecule has 0 saturated heterocycles. The summed E-state index contributed by atoms with van der Waals surface area (Å²) in [4.78, 5) is 27.0. The third kappa shape index (κ3) is 2.45. The molecule has 3 aliphatic rings. The first-order chi connectivity index (χ1) is 15.1. The summed E-state index contributed by atoms with van der Waals surface area (Å²) >= 11 is 0. The van der Waals surface area contributed by atoms with Crippen LogP contribution in [0.25, 0.3) is 11.2 Å². The lowest BCUT2D eigenvalue weighted by Crippen LogP contribution is -2.47. The molecule has 2 aromatic heterocycles. The Kier molecular flexibility index (Phi) is 3.81. The fraction of sp³-hybridized carbons (Fsp3) is 0.280. The first-order valence-electron chi connectivity index (χ1n) is 10.8. The SMILES string of the molecule is CCn1cnc2c(NC(=O)C3(C)CC4c5ccccc5C3c3ccccc34)ncnc21. The minimum atomic E-state index is -0.585. The van der Waals surface area contributed by atoms with E-state index in [2.05, 4.69) is 75.7 Å². The van der Waals surface area contributed by atoms with E-state index in [-0.39, 0.29) is 17.7 Å². The third-order valence-corrected chi connectivity index (χ3v) is 7.12. The number of carbonyl (C=O) groups is 1. The van der Waals surface area contributed by atoms with E-state index in [1.165, 1.54) is 28.6 Å². The smallest absolute Gasteiger partial charge is 0.232 e. The molecule has 0 fully saturated rings. The van der Waals surface area contributed by atoms with Gasteiger partial charge >= 0.3 is 0 Å². The molecule has 1 N–H and O–H groups in total. The van der Waals surface area contributed by atoms with Crippen molar-refractivity contribution in [1.82, 2.24) is 19.5 Å². The predicted molar refractivity (Wildman–Crippen MR) is 119 cm³/mol. The molecule has 2 heterocycles. The second-order valence-electron chi connectivity index (χ2n) is 8.74. The van der Waals surface area contributed by atoms with Gasteiger partial charge in [0.1, 0.15) is 6.33 Å². The summed E-state index contributed by atoms with van der Waals surface area (Å²) < 4.78 is 1.95. The van der Waals surface area contributed by atoms with E-state index >= 15 is 0 Å². The van der Waals surface area contributed by atoms with Crippen LogP contribution < -0.4 is 5.32 Å².